The Balaban J connectivity index is 1.97. The van der Waals surface area contributed by atoms with E-state index in [0.717, 1.165) is 0 Å². The van der Waals surface area contributed by atoms with Gasteiger partial charge in [-0.25, -0.2) is 13.6 Å². The van der Waals surface area contributed by atoms with Crippen LogP contribution in [-0.4, -0.2) is 54.9 Å². The van der Waals surface area contributed by atoms with Gasteiger partial charge in [0.2, 0.25) is 0 Å². The summed E-state index contributed by atoms with van der Waals surface area (Å²) >= 11 is 0. The van der Waals surface area contributed by atoms with E-state index >= 15 is 0 Å². The number of aliphatic hydroxyl groups excluding tert-OH is 1. The third kappa shape index (κ3) is 3.65. The highest BCUT2D eigenvalue weighted by Gasteiger charge is 2.28. The van der Waals surface area contributed by atoms with Crippen LogP contribution in [0.5, 0.6) is 0 Å². The summed E-state index contributed by atoms with van der Waals surface area (Å²) in [4.78, 5) is 15.1. The molecule has 1 aromatic carbocycles. The maximum absolute atomic E-state index is 13.8. The number of amides is 2. The number of aliphatic hydroxyl groups is 1. The summed E-state index contributed by atoms with van der Waals surface area (Å²) in [6.45, 7) is 3.32. The van der Waals surface area contributed by atoms with Crippen molar-refractivity contribution < 1.29 is 18.7 Å². The van der Waals surface area contributed by atoms with E-state index in [1.54, 1.807) is 4.90 Å². The van der Waals surface area contributed by atoms with Gasteiger partial charge in [0.1, 0.15) is 17.3 Å². The first-order valence-electron chi connectivity index (χ1n) is 7.42. The molecular formula is C15H21F2N3O2. The van der Waals surface area contributed by atoms with E-state index in [0.29, 0.717) is 26.1 Å². The van der Waals surface area contributed by atoms with Gasteiger partial charge in [-0.15, -0.1) is 0 Å². The third-order valence-electron chi connectivity index (χ3n) is 3.81. The van der Waals surface area contributed by atoms with Crippen molar-refractivity contribution >= 4 is 11.7 Å². The zero-order valence-corrected chi connectivity index (χ0v) is 12.6. The van der Waals surface area contributed by atoms with Crippen molar-refractivity contribution in [3.63, 3.8) is 0 Å². The Kier molecular flexibility index (Phi) is 5.54. The lowest BCUT2D eigenvalue weighted by atomic mass is 10.2. The second kappa shape index (κ2) is 7.40. The Labute approximate surface area is 128 Å². The van der Waals surface area contributed by atoms with Gasteiger partial charge in [0.25, 0.3) is 0 Å². The molecule has 0 aromatic heterocycles. The highest BCUT2D eigenvalue weighted by molar-refractivity contribution is 5.74. The average molecular weight is 313 g/mol. The third-order valence-corrected chi connectivity index (χ3v) is 3.81. The van der Waals surface area contributed by atoms with E-state index in [9.17, 15) is 13.6 Å². The van der Waals surface area contributed by atoms with Crippen LogP contribution in [0.4, 0.5) is 19.3 Å². The van der Waals surface area contributed by atoms with E-state index in [1.807, 2.05) is 6.92 Å². The van der Waals surface area contributed by atoms with E-state index in [2.05, 4.69) is 5.32 Å². The second-order valence-corrected chi connectivity index (χ2v) is 5.25. The van der Waals surface area contributed by atoms with Gasteiger partial charge < -0.3 is 20.2 Å². The quantitative estimate of drug-likeness (QED) is 0.867. The lowest BCUT2D eigenvalue weighted by Crippen LogP contribution is -2.46. The minimum atomic E-state index is -0.595. The van der Waals surface area contributed by atoms with Gasteiger partial charge in [0, 0.05) is 32.2 Å². The summed E-state index contributed by atoms with van der Waals surface area (Å²) in [7, 11) is 0. The Morgan fingerprint density at radius 1 is 1.45 bits per heavy atom. The number of likely N-dealkylation sites (N-methyl/N-ethyl adjacent to an activating group) is 1. The van der Waals surface area contributed by atoms with Crippen LogP contribution in [0, 0.1) is 11.6 Å². The summed E-state index contributed by atoms with van der Waals surface area (Å²) in [6, 6.07) is 3.35. The van der Waals surface area contributed by atoms with Crippen LogP contribution in [0.25, 0.3) is 0 Å². The molecule has 1 unspecified atom stereocenters. The van der Waals surface area contributed by atoms with E-state index in [-0.39, 0.29) is 30.9 Å². The number of carbonyl (C=O) groups excluding carboxylic acids is 1. The summed E-state index contributed by atoms with van der Waals surface area (Å²) < 4.78 is 27.5. The standard InChI is InChI=1S/C15H21F2N3O2/c1-2-19(8-9-21)15(22)18-11-6-7-20(10-11)14-12(16)4-3-5-13(14)17/h3-5,11,21H,2,6-10H2,1H3,(H,18,22). The molecule has 1 saturated heterocycles. The van der Waals surface area contributed by atoms with Gasteiger partial charge in [-0.05, 0) is 25.5 Å². The molecule has 1 aromatic rings. The molecule has 2 N–H and O–H groups in total. The van der Waals surface area contributed by atoms with Crippen molar-refractivity contribution in [1.82, 2.24) is 10.2 Å². The van der Waals surface area contributed by atoms with E-state index in [1.165, 1.54) is 23.1 Å². The zero-order chi connectivity index (χ0) is 16.1. The number of anilines is 1. The minimum Gasteiger partial charge on any atom is -0.395 e. The molecule has 1 aliphatic heterocycles. The summed E-state index contributed by atoms with van der Waals surface area (Å²) in [5, 5.41) is 11.8. The summed E-state index contributed by atoms with van der Waals surface area (Å²) in [5.41, 5.74) is -0.0399. The number of urea groups is 1. The fourth-order valence-electron chi connectivity index (χ4n) is 2.66. The molecule has 2 amide bonds. The molecule has 1 atom stereocenters. The molecule has 122 valence electrons. The van der Waals surface area contributed by atoms with Crippen molar-refractivity contribution in [3.8, 4) is 0 Å². The highest BCUT2D eigenvalue weighted by Crippen LogP contribution is 2.26. The van der Waals surface area contributed by atoms with Crippen LogP contribution >= 0.6 is 0 Å². The molecule has 5 nitrogen and oxygen atoms in total. The predicted octanol–water partition coefficient (Wildman–Crippen LogP) is 1.57. The van der Waals surface area contributed by atoms with Crippen molar-refractivity contribution in [3.05, 3.63) is 29.8 Å². The van der Waals surface area contributed by atoms with Crippen LogP contribution in [0.15, 0.2) is 18.2 Å². The molecule has 7 heteroatoms. The molecule has 1 heterocycles. The maximum Gasteiger partial charge on any atom is 0.317 e. The molecule has 2 rings (SSSR count). The average Bonchev–Trinajstić information content (AvgIpc) is 2.92. The lowest BCUT2D eigenvalue weighted by Gasteiger charge is -2.24. The van der Waals surface area contributed by atoms with Crippen LogP contribution in [0.1, 0.15) is 13.3 Å². The Hall–Kier alpha value is -1.89. The molecule has 22 heavy (non-hydrogen) atoms. The van der Waals surface area contributed by atoms with Crippen molar-refractivity contribution in [2.45, 2.75) is 19.4 Å². The van der Waals surface area contributed by atoms with Crippen LogP contribution in [-0.2, 0) is 0 Å². The number of para-hydroxylation sites is 1. The van der Waals surface area contributed by atoms with Crippen LogP contribution in [0.3, 0.4) is 0 Å². The fourth-order valence-corrected chi connectivity index (χ4v) is 2.66. The van der Waals surface area contributed by atoms with E-state index in [4.69, 9.17) is 5.11 Å². The van der Waals surface area contributed by atoms with Gasteiger partial charge >= 0.3 is 6.03 Å². The maximum atomic E-state index is 13.8. The summed E-state index contributed by atoms with van der Waals surface area (Å²) in [5.74, 6) is -1.19. The normalized spacial score (nSPS) is 17.6. The molecule has 0 aliphatic carbocycles. The number of benzene rings is 1. The number of nitrogens with one attached hydrogen (secondary N) is 1. The van der Waals surface area contributed by atoms with Crippen LogP contribution in [0.2, 0.25) is 0 Å². The number of halogens is 2. The monoisotopic (exact) mass is 313 g/mol. The molecule has 1 fully saturated rings. The molecule has 1 aliphatic rings. The molecule has 0 spiro atoms. The SMILES string of the molecule is CCN(CCO)C(=O)NC1CCN(c2c(F)cccc2F)C1. The first kappa shape index (κ1) is 16.5. The highest BCUT2D eigenvalue weighted by atomic mass is 19.1. The lowest BCUT2D eigenvalue weighted by molar-refractivity contribution is 0.178. The molecule has 0 saturated carbocycles. The Morgan fingerprint density at radius 3 is 2.73 bits per heavy atom. The minimum absolute atomic E-state index is 0.0399. The van der Waals surface area contributed by atoms with Gasteiger partial charge in [-0.1, -0.05) is 6.07 Å². The molecule has 0 radical (unpaired) electrons. The Morgan fingerprint density at radius 2 is 2.14 bits per heavy atom. The number of hydrogen-bond acceptors (Lipinski definition) is 3. The molecular weight excluding hydrogens is 292 g/mol. The number of rotatable bonds is 5. The largest absolute Gasteiger partial charge is 0.395 e. The topological polar surface area (TPSA) is 55.8 Å². The van der Waals surface area contributed by atoms with Gasteiger partial charge in [0.05, 0.1) is 6.61 Å². The van der Waals surface area contributed by atoms with Crippen molar-refractivity contribution in [2.75, 3.05) is 37.7 Å². The fraction of sp³-hybridized carbons (Fsp3) is 0.533. The number of hydrogen-bond donors (Lipinski definition) is 2. The van der Waals surface area contributed by atoms with Crippen LogP contribution < -0.4 is 10.2 Å². The van der Waals surface area contributed by atoms with Gasteiger partial charge in [0.15, 0.2) is 0 Å². The first-order valence-corrected chi connectivity index (χ1v) is 7.42. The summed E-state index contributed by atoms with van der Waals surface area (Å²) in [6.07, 6.45) is 0.621. The van der Waals surface area contributed by atoms with Gasteiger partial charge in [-0.2, -0.15) is 0 Å². The predicted molar refractivity (Wildman–Crippen MR) is 79.8 cm³/mol. The number of nitrogens with zero attached hydrogens (tertiary/aromatic N) is 2. The first-order chi connectivity index (χ1) is 10.6. The Bertz CT molecular complexity index is 507. The second-order valence-electron chi connectivity index (χ2n) is 5.25. The van der Waals surface area contributed by atoms with E-state index < -0.39 is 11.6 Å². The zero-order valence-electron chi connectivity index (χ0n) is 12.6. The molecule has 0 bridgehead atoms. The van der Waals surface area contributed by atoms with Gasteiger partial charge in [-0.3, -0.25) is 0 Å². The number of carbonyl (C=O) groups is 1. The van der Waals surface area contributed by atoms with Crippen molar-refractivity contribution in [2.24, 2.45) is 0 Å². The van der Waals surface area contributed by atoms with Crippen molar-refractivity contribution in [1.29, 1.82) is 0 Å². The smallest absolute Gasteiger partial charge is 0.317 e.